The number of ether oxygens (including phenoxy) is 3. The van der Waals surface area contributed by atoms with Crippen molar-refractivity contribution in [2.75, 3.05) is 53.6 Å². The van der Waals surface area contributed by atoms with Gasteiger partial charge in [0.05, 0.1) is 37.4 Å². The molecule has 0 bridgehead atoms. The second kappa shape index (κ2) is 27.2. The van der Waals surface area contributed by atoms with Gasteiger partial charge in [0, 0.05) is 13.1 Å². The van der Waals surface area contributed by atoms with Gasteiger partial charge >= 0.3 is 0 Å². The van der Waals surface area contributed by atoms with Crippen LogP contribution in [-0.2, 0) is 46.3 Å². The van der Waals surface area contributed by atoms with E-state index < -0.39 is 36.3 Å². The first-order valence-electron chi connectivity index (χ1n) is 28.7. The highest BCUT2D eigenvalue weighted by molar-refractivity contribution is 5.95. The molecule has 2 saturated carbocycles. The zero-order chi connectivity index (χ0) is 52.8. The quantitative estimate of drug-likeness (QED) is 0.0815. The van der Waals surface area contributed by atoms with E-state index in [2.05, 4.69) is 44.0 Å². The maximum Gasteiger partial charge on any atom is 0.246 e. The van der Waals surface area contributed by atoms with Crippen LogP contribution in [0.3, 0.4) is 0 Å². The van der Waals surface area contributed by atoms with Gasteiger partial charge in [-0.15, -0.1) is 0 Å². The molecule has 412 valence electrons. The molecule has 2 aromatic carbocycles. The lowest BCUT2D eigenvalue weighted by Crippen LogP contribution is -2.58. The molecule has 75 heavy (non-hydrogen) atoms. The summed E-state index contributed by atoms with van der Waals surface area (Å²) in [5.41, 5.74) is 4.44. The Balaban J connectivity index is 0.768. The van der Waals surface area contributed by atoms with E-state index in [1.807, 2.05) is 24.3 Å². The molecular formula is C58H86N8O9. The maximum atomic E-state index is 14.2. The summed E-state index contributed by atoms with van der Waals surface area (Å²) in [6.07, 6.45) is 17.9. The first kappa shape index (κ1) is 56.0. The molecule has 2 saturated heterocycles. The molecule has 2 heterocycles. The second-order valence-electron chi connectivity index (χ2n) is 22.1. The summed E-state index contributed by atoms with van der Waals surface area (Å²) in [6.45, 7) is 6.09. The van der Waals surface area contributed by atoms with Gasteiger partial charge in [0.25, 0.3) is 0 Å². The molecule has 0 radical (unpaired) electrons. The van der Waals surface area contributed by atoms with E-state index in [-0.39, 0.29) is 59.4 Å². The number of carbonyl (C=O) groups is 6. The fourth-order valence-electron chi connectivity index (χ4n) is 12.6. The molecule has 17 heteroatoms. The minimum Gasteiger partial charge on any atom is -0.491 e. The number of hydrogen-bond donors (Lipinski definition) is 6. The third-order valence-corrected chi connectivity index (χ3v) is 17.2. The molecule has 0 spiro atoms. The van der Waals surface area contributed by atoms with Crippen LogP contribution >= 0.6 is 0 Å². The van der Waals surface area contributed by atoms with Gasteiger partial charge in [0.15, 0.2) is 0 Å². The van der Waals surface area contributed by atoms with Gasteiger partial charge in [-0.2, -0.15) is 0 Å². The van der Waals surface area contributed by atoms with Gasteiger partial charge in [-0.05, 0) is 176 Å². The number of carbonyl (C=O) groups excluding carboxylic acids is 6. The molecule has 17 nitrogen and oxygen atoms in total. The number of fused-ring (bicyclic) bond motifs is 2. The predicted molar refractivity (Wildman–Crippen MR) is 286 cm³/mol. The number of likely N-dealkylation sites (tertiary alicyclic amines) is 2. The van der Waals surface area contributed by atoms with Crippen LogP contribution in [0.1, 0.15) is 164 Å². The Hall–Kier alpha value is -5.26. The Labute approximate surface area is 444 Å². The van der Waals surface area contributed by atoms with Crippen LogP contribution in [0, 0.1) is 11.8 Å². The lowest BCUT2D eigenvalue weighted by Gasteiger charge is -2.35. The van der Waals surface area contributed by atoms with Gasteiger partial charge in [-0.3, -0.25) is 28.8 Å². The van der Waals surface area contributed by atoms with Crippen LogP contribution < -0.4 is 41.4 Å². The van der Waals surface area contributed by atoms with Crippen LogP contribution in [0.4, 0.5) is 0 Å². The Kier molecular flexibility index (Phi) is 20.3. The highest BCUT2D eigenvalue weighted by Crippen LogP contribution is 2.36. The van der Waals surface area contributed by atoms with E-state index in [1.54, 1.807) is 37.7 Å². The van der Waals surface area contributed by atoms with E-state index in [4.69, 9.17) is 14.2 Å². The van der Waals surface area contributed by atoms with Crippen LogP contribution in [0.2, 0.25) is 0 Å². The molecule has 4 fully saturated rings. The molecule has 8 rings (SSSR count). The van der Waals surface area contributed by atoms with E-state index in [0.29, 0.717) is 52.4 Å². The Morgan fingerprint density at radius 2 is 0.933 bits per heavy atom. The fraction of sp³-hybridized carbons (Fsp3) is 0.690. The highest BCUT2D eigenvalue weighted by Gasteiger charge is 2.44. The molecule has 0 unspecified atom stereocenters. The number of aryl methyl sites for hydroxylation is 2. The number of nitrogens with zero attached hydrogens (tertiary/aromatic N) is 2. The fourth-order valence-corrected chi connectivity index (χ4v) is 12.6. The van der Waals surface area contributed by atoms with E-state index in [0.717, 1.165) is 149 Å². The van der Waals surface area contributed by atoms with Gasteiger partial charge in [0.1, 0.15) is 48.9 Å². The summed E-state index contributed by atoms with van der Waals surface area (Å²) in [6, 6.07) is 8.53. The smallest absolute Gasteiger partial charge is 0.246 e. The molecule has 2 aliphatic heterocycles. The number of hydrogen-bond acceptors (Lipinski definition) is 11. The largest absolute Gasteiger partial charge is 0.491 e. The normalized spacial score (nSPS) is 23.7. The van der Waals surface area contributed by atoms with Crippen molar-refractivity contribution in [3.05, 3.63) is 58.7 Å². The van der Waals surface area contributed by atoms with Gasteiger partial charge in [-0.1, -0.05) is 50.7 Å². The summed E-state index contributed by atoms with van der Waals surface area (Å²) in [7, 11) is 3.47. The van der Waals surface area contributed by atoms with Crippen LogP contribution in [0.25, 0.3) is 0 Å². The number of benzene rings is 2. The third-order valence-electron chi connectivity index (χ3n) is 17.2. The zero-order valence-corrected chi connectivity index (χ0v) is 45.2. The van der Waals surface area contributed by atoms with Crippen molar-refractivity contribution in [3.8, 4) is 11.5 Å². The average molecular weight is 1040 g/mol. The first-order valence-corrected chi connectivity index (χ1v) is 28.7. The first-order chi connectivity index (χ1) is 36.4. The molecule has 6 aliphatic rings. The molecule has 6 amide bonds. The zero-order valence-electron chi connectivity index (χ0n) is 45.2. The van der Waals surface area contributed by atoms with E-state index in [1.165, 1.54) is 0 Å². The van der Waals surface area contributed by atoms with Crippen LogP contribution in [-0.4, -0.2) is 135 Å². The van der Waals surface area contributed by atoms with Crippen LogP contribution in [0.5, 0.6) is 11.5 Å². The van der Waals surface area contributed by atoms with Gasteiger partial charge in [-0.25, -0.2) is 0 Å². The SMILES string of the molecule is CN[C@@H](C)C(=O)N[C@H](C(=O)N1CCC[C@H]1C(=O)N[C@@H]1CCCc2cc(OCCOCCOc3ccc4c(c3)CCC[C@H]4NC(=O)[C@@H]3CCCN3C(=O)[C@@H](NC(=O)[C@H](C)NC)C3CCCCC3)ccc21)C1CCCCC1. The maximum absolute atomic E-state index is 14.2. The summed E-state index contributed by atoms with van der Waals surface area (Å²) < 4.78 is 18.1. The third kappa shape index (κ3) is 14.2. The molecule has 8 atom stereocenters. The molecule has 4 aliphatic carbocycles. The Morgan fingerprint density at radius 1 is 0.520 bits per heavy atom. The monoisotopic (exact) mass is 1040 g/mol. The predicted octanol–water partition coefficient (Wildman–Crippen LogP) is 5.48. The lowest BCUT2D eigenvalue weighted by atomic mass is 9.83. The molecule has 6 N–H and O–H groups in total. The molecule has 0 aromatic heterocycles. The summed E-state index contributed by atoms with van der Waals surface area (Å²) in [5, 5.41) is 18.7. The van der Waals surface area contributed by atoms with Crippen molar-refractivity contribution in [2.24, 2.45) is 11.8 Å². The standard InChI is InChI=1S/C58H86N8O9/c1-37(59-3)53(67)63-51(39-15-7-5-8-16-39)57(71)65-29-13-23-49(65)55(69)61-47-21-11-19-41-35-43(25-27-45(41)47)74-33-31-73-32-34-75-44-26-28-46-42(36-44)20-12-22-48(46)62-56(70)50-24-14-30-66(50)58(72)52(40-17-9-6-10-18-40)64-54(68)38(2)60-4/h25-28,35-40,47-52,59-60H,5-24,29-34H2,1-4H3,(H,61,69)(H,62,70)(H,63,67)(H,64,68)/t37-,38-,47+,48+,49-,50-,51-,52-/m0/s1. The van der Waals surface area contributed by atoms with Crippen molar-refractivity contribution in [1.29, 1.82) is 0 Å². The highest BCUT2D eigenvalue weighted by atomic mass is 16.5. The summed E-state index contributed by atoms with van der Waals surface area (Å²) in [5.74, 6) is 0.686. The van der Waals surface area contributed by atoms with Crippen molar-refractivity contribution in [1.82, 2.24) is 41.7 Å². The number of likely N-dealkylation sites (N-methyl/N-ethyl adjacent to an activating group) is 2. The number of nitrogens with one attached hydrogen (secondary N) is 6. The molecule has 2 aromatic rings. The second-order valence-corrected chi connectivity index (χ2v) is 22.1. The average Bonchev–Trinajstić information content (AvgIpc) is 4.15. The summed E-state index contributed by atoms with van der Waals surface area (Å²) >= 11 is 0. The topological polar surface area (TPSA) is 209 Å². The van der Waals surface area contributed by atoms with Crippen molar-refractivity contribution in [2.45, 2.75) is 191 Å². The Morgan fingerprint density at radius 3 is 1.33 bits per heavy atom. The van der Waals surface area contributed by atoms with Crippen molar-refractivity contribution >= 4 is 35.4 Å². The van der Waals surface area contributed by atoms with Crippen molar-refractivity contribution < 1.29 is 43.0 Å². The summed E-state index contributed by atoms with van der Waals surface area (Å²) in [4.78, 5) is 85.9. The Bertz CT molecular complexity index is 2130. The minimum atomic E-state index is -0.632. The lowest BCUT2D eigenvalue weighted by molar-refractivity contribution is -0.143. The van der Waals surface area contributed by atoms with E-state index >= 15 is 0 Å². The van der Waals surface area contributed by atoms with Gasteiger partial charge < -0.3 is 55.9 Å². The van der Waals surface area contributed by atoms with Crippen LogP contribution in [0.15, 0.2) is 36.4 Å². The number of rotatable bonds is 22. The minimum absolute atomic E-state index is 0.0655. The molecular weight excluding hydrogens is 953 g/mol. The number of amides is 6. The van der Waals surface area contributed by atoms with Crippen molar-refractivity contribution in [3.63, 3.8) is 0 Å². The van der Waals surface area contributed by atoms with Gasteiger partial charge in [0.2, 0.25) is 35.4 Å². The van der Waals surface area contributed by atoms with E-state index in [9.17, 15) is 28.8 Å².